The molecule has 35 heavy (non-hydrogen) atoms. The molecule has 9 heteroatoms. The van der Waals surface area contributed by atoms with Gasteiger partial charge in [0.05, 0.1) is 11.6 Å². The molecule has 1 aromatic carbocycles. The van der Waals surface area contributed by atoms with E-state index in [1.165, 1.54) is 4.90 Å². The van der Waals surface area contributed by atoms with Gasteiger partial charge >= 0.3 is 6.09 Å². The van der Waals surface area contributed by atoms with Crippen molar-refractivity contribution in [1.82, 2.24) is 15.2 Å². The molecule has 9 nitrogen and oxygen atoms in total. The number of pyridine rings is 1. The predicted molar refractivity (Wildman–Crippen MR) is 134 cm³/mol. The van der Waals surface area contributed by atoms with Gasteiger partial charge in [-0.05, 0) is 58.2 Å². The monoisotopic (exact) mass is 476 g/mol. The second-order valence-corrected chi connectivity index (χ2v) is 10.3. The number of fused-ring (bicyclic) bond motifs is 1. The molecule has 0 unspecified atom stereocenters. The SMILES string of the molecule is Cc1cccc(Nc2nc(N[C@@H]3CCCC[C@@H]3N(C(=O)O)C(C)(C)C)c(C#N)c3c2C(=O)NC3)c1. The first-order chi connectivity index (χ1) is 16.6. The van der Waals surface area contributed by atoms with Gasteiger partial charge in [-0.3, -0.25) is 9.69 Å². The van der Waals surface area contributed by atoms with Crippen molar-refractivity contribution in [2.75, 3.05) is 10.6 Å². The summed E-state index contributed by atoms with van der Waals surface area (Å²) in [5, 5.41) is 29.5. The summed E-state index contributed by atoms with van der Waals surface area (Å²) in [7, 11) is 0. The summed E-state index contributed by atoms with van der Waals surface area (Å²) in [5.74, 6) is 0.473. The van der Waals surface area contributed by atoms with Crippen LogP contribution in [0.2, 0.25) is 0 Å². The molecule has 0 spiro atoms. The van der Waals surface area contributed by atoms with Crippen molar-refractivity contribution >= 4 is 29.3 Å². The highest BCUT2D eigenvalue weighted by atomic mass is 16.4. The third-order valence-corrected chi connectivity index (χ3v) is 6.66. The highest BCUT2D eigenvalue weighted by Gasteiger charge is 2.40. The second kappa shape index (κ2) is 9.45. The van der Waals surface area contributed by atoms with Gasteiger partial charge in [-0.15, -0.1) is 0 Å². The molecule has 4 N–H and O–H groups in total. The van der Waals surface area contributed by atoms with Gasteiger partial charge in [0, 0.05) is 29.4 Å². The summed E-state index contributed by atoms with van der Waals surface area (Å²) in [6.07, 6.45) is 2.40. The Balaban J connectivity index is 1.75. The molecule has 1 saturated carbocycles. The lowest BCUT2D eigenvalue weighted by atomic mass is 9.86. The highest BCUT2D eigenvalue weighted by Crippen LogP contribution is 2.35. The third kappa shape index (κ3) is 4.87. The number of aromatic nitrogens is 1. The number of hydrogen-bond donors (Lipinski definition) is 4. The van der Waals surface area contributed by atoms with Crippen LogP contribution < -0.4 is 16.0 Å². The highest BCUT2D eigenvalue weighted by molar-refractivity contribution is 6.04. The molecule has 2 heterocycles. The van der Waals surface area contributed by atoms with Crippen LogP contribution in [0.4, 0.5) is 22.1 Å². The minimum absolute atomic E-state index is 0.214. The Morgan fingerprint density at radius 2 is 2.00 bits per heavy atom. The van der Waals surface area contributed by atoms with E-state index < -0.39 is 11.6 Å². The number of benzene rings is 1. The van der Waals surface area contributed by atoms with Crippen LogP contribution in [0.3, 0.4) is 0 Å². The normalized spacial score (nSPS) is 19.3. The molecule has 2 amide bonds. The quantitative estimate of drug-likeness (QED) is 0.490. The summed E-state index contributed by atoms with van der Waals surface area (Å²) >= 11 is 0. The zero-order valence-corrected chi connectivity index (χ0v) is 20.6. The first-order valence-electron chi connectivity index (χ1n) is 12.0. The number of nitrogens with zero attached hydrogens (tertiary/aromatic N) is 3. The Hall–Kier alpha value is -3.80. The van der Waals surface area contributed by atoms with Crippen LogP contribution >= 0.6 is 0 Å². The molecule has 0 saturated heterocycles. The van der Waals surface area contributed by atoms with Crippen LogP contribution in [0.1, 0.15) is 73.5 Å². The van der Waals surface area contributed by atoms with Gasteiger partial charge in [-0.1, -0.05) is 25.0 Å². The van der Waals surface area contributed by atoms with Crippen molar-refractivity contribution in [1.29, 1.82) is 5.26 Å². The van der Waals surface area contributed by atoms with E-state index in [-0.39, 0.29) is 24.5 Å². The summed E-state index contributed by atoms with van der Waals surface area (Å²) in [6.45, 7) is 7.90. The summed E-state index contributed by atoms with van der Waals surface area (Å²) in [4.78, 5) is 31.1. The molecule has 4 rings (SSSR count). The number of carbonyl (C=O) groups excluding carboxylic acids is 1. The van der Waals surface area contributed by atoms with Gasteiger partial charge in [-0.2, -0.15) is 5.26 Å². The Bertz CT molecular complexity index is 1200. The van der Waals surface area contributed by atoms with Crippen LogP contribution in [-0.4, -0.2) is 44.6 Å². The second-order valence-electron chi connectivity index (χ2n) is 10.3. The number of carboxylic acid groups (broad SMARTS) is 1. The lowest BCUT2D eigenvalue weighted by molar-refractivity contribution is 0.0520. The van der Waals surface area contributed by atoms with E-state index in [0.29, 0.717) is 28.3 Å². The third-order valence-electron chi connectivity index (χ3n) is 6.66. The van der Waals surface area contributed by atoms with E-state index in [2.05, 4.69) is 22.0 Å². The van der Waals surface area contributed by atoms with Crippen molar-refractivity contribution in [3.8, 4) is 6.07 Å². The minimum Gasteiger partial charge on any atom is -0.465 e. The Morgan fingerprint density at radius 1 is 1.26 bits per heavy atom. The average Bonchev–Trinajstić information content (AvgIpc) is 3.16. The summed E-state index contributed by atoms with van der Waals surface area (Å²) in [5.41, 5.74) is 2.56. The fraction of sp³-hybridized carbons (Fsp3) is 0.462. The molecule has 0 bridgehead atoms. The van der Waals surface area contributed by atoms with E-state index in [4.69, 9.17) is 4.98 Å². The number of nitrogens with one attached hydrogen (secondary N) is 3. The zero-order chi connectivity index (χ0) is 25.3. The Kier molecular flexibility index (Phi) is 6.57. The number of amides is 2. The van der Waals surface area contributed by atoms with Crippen molar-refractivity contribution in [3.63, 3.8) is 0 Å². The molecule has 184 valence electrons. The van der Waals surface area contributed by atoms with Gasteiger partial charge in [0.1, 0.15) is 23.3 Å². The van der Waals surface area contributed by atoms with Gasteiger partial charge < -0.3 is 21.1 Å². The van der Waals surface area contributed by atoms with E-state index in [9.17, 15) is 20.0 Å². The van der Waals surface area contributed by atoms with Crippen LogP contribution in [0.15, 0.2) is 24.3 Å². The van der Waals surface area contributed by atoms with E-state index >= 15 is 0 Å². The van der Waals surface area contributed by atoms with Crippen LogP contribution in [-0.2, 0) is 6.54 Å². The van der Waals surface area contributed by atoms with Crippen molar-refractivity contribution < 1.29 is 14.7 Å². The fourth-order valence-corrected chi connectivity index (χ4v) is 5.18. The minimum atomic E-state index is -0.963. The Morgan fingerprint density at radius 3 is 2.66 bits per heavy atom. The fourth-order valence-electron chi connectivity index (χ4n) is 5.18. The molecule has 2 atom stereocenters. The van der Waals surface area contributed by atoms with Gasteiger partial charge in [0.2, 0.25) is 0 Å². The maximum absolute atomic E-state index is 12.6. The molecule has 1 aromatic heterocycles. The summed E-state index contributed by atoms with van der Waals surface area (Å²) in [6, 6.07) is 9.49. The summed E-state index contributed by atoms with van der Waals surface area (Å²) < 4.78 is 0. The maximum atomic E-state index is 12.6. The molecular weight excluding hydrogens is 444 g/mol. The molecule has 1 aliphatic heterocycles. The first-order valence-corrected chi connectivity index (χ1v) is 12.0. The molecule has 1 aliphatic carbocycles. The first kappa shape index (κ1) is 24.3. The average molecular weight is 477 g/mol. The van der Waals surface area contributed by atoms with E-state index in [0.717, 1.165) is 36.9 Å². The number of rotatable bonds is 5. The number of anilines is 3. The Labute approximate surface area is 205 Å². The zero-order valence-electron chi connectivity index (χ0n) is 20.6. The van der Waals surface area contributed by atoms with Crippen molar-refractivity contribution in [2.45, 2.75) is 77.5 Å². The molecule has 0 radical (unpaired) electrons. The van der Waals surface area contributed by atoms with Crippen LogP contribution in [0.25, 0.3) is 0 Å². The van der Waals surface area contributed by atoms with E-state index in [1.54, 1.807) is 0 Å². The lowest BCUT2D eigenvalue weighted by Gasteiger charge is -2.45. The number of nitriles is 1. The topological polar surface area (TPSA) is 130 Å². The largest absolute Gasteiger partial charge is 0.465 e. The van der Waals surface area contributed by atoms with Gasteiger partial charge in [-0.25, -0.2) is 9.78 Å². The lowest BCUT2D eigenvalue weighted by Crippen LogP contribution is -2.58. The molecule has 1 fully saturated rings. The van der Waals surface area contributed by atoms with Crippen LogP contribution in [0, 0.1) is 18.3 Å². The maximum Gasteiger partial charge on any atom is 0.408 e. The van der Waals surface area contributed by atoms with E-state index in [1.807, 2.05) is 52.0 Å². The number of aryl methyl sites for hydroxylation is 1. The molecule has 2 aliphatic rings. The molecular formula is C26H32N6O3. The molecule has 2 aromatic rings. The van der Waals surface area contributed by atoms with Crippen molar-refractivity contribution in [3.05, 3.63) is 46.5 Å². The number of hydrogen-bond acceptors (Lipinski definition) is 6. The van der Waals surface area contributed by atoms with Crippen molar-refractivity contribution in [2.24, 2.45) is 0 Å². The van der Waals surface area contributed by atoms with Gasteiger partial charge in [0.15, 0.2) is 0 Å². The van der Waals surface area contributed by atoms with Gasteiger partial charge in [0.25, 0.3) is 5.91 Å². The number of carbonyl (C=O) groups is 2. The standard InChI is InChI=1S/C26H32N6O3/c1-15-8-7-9-16(12-15)29-23-21-18(14-28-24(21)33)17(13-27)22(31-23)30-19-10-5-6-11-20(19)32(25(34)35)26(2,3)4/h7-9,12,19-20H,5-6,10-11,14H2,1-4H3,(H,28,33)(H,34,35)(H2,29,30,31)/t19-,20+/m1/s1. The van der Waals surface area contributed by atoms with Crippen LogP contribution in [0.5, 0.6) is 0 Å². The predicted octanol–water partition coefficient (Wildman–Crippen LogP) is 4.75. The smallest absolute Gasteiger partial charge is 0.408 e.